The van der Waals surface area contributed by atoms with E-state index >= 15 is 0 Å². The molecule has 0 spiro atoms. The second kappa shape index (κ2) is 6.05. The minimum absolute atomic E-state index is 0.125. The largest absolute Gasteiger partial charge is 0.273 e. The molecule has 0 aliphatic carbocycles. The summed E-state index contributed by atoms with van der Waals surface area (Å²) in [4.78, 5) is 12.7. The van der Waals surface area contributed by atoms with E-state index in [4.69, 9.17) is 0 Å². The molecule has 8 heteroatoms. The number of aryl methyl sites for hydroxylation is 3. The molecule has 2 heterocycles. The van der Waals surface area contributed by atoms with Gasteiger partial charge in [0.1, 0.15) is 4.21 Å². The van der Waals surface area contributed by atoms with E-state index < -0.39 is 15.9 Å². The lowest BCUT2D eigenvalue weighted by atomic mass is 10.2. The van der Waals surface area contributed by atoms with Gasteiger partial charge in [-0.05, 0) is 39.0 Å². The molecule has 0 saturated heterocycles. The van der Waals surface area contributed by atoms with E-state index in [0.717, 1.165) is 33.2 Å². The molecule has 0 aliphatic rings. The van der Waals surface area contributed by atoms with Crippen molar-refractivity contribution in [2.75, 3.05) is 0 Å². The number of thiophene rings is 1. The summed E-state index contributed by atoms with van der Waals surface area (Å²) in [5, 5.41) is 4.23. The van der Waals surface area contributed by atoms with Crippen LogP contribution in [0.15, 0.2) is 22.4 Å². The van der Waals surface area contributed by atoms with Gasteiger partial charge in [0.2, 0.25) is 0 Å². The van der Waals surface area contributed by atoms with Crippen molar-refractivity contribution in [1.29, 1.82) is 0 Å². The van der Waals surface area contributed by atoms with Gasteiger partial charge < -0.3 is 0 Å². The third kappa shape index (κ3) is 3.45. The summed E-state index contributed by atoms with van der Waals surface area (Å²) in [5.74, 6) is -0.686. The lowest BCUT2D eigenvalue weighted by Crippen LogP contribution is -2.28. The van der Waals surface area contributed by atoms with Crippen molar-refractivity contribution in [1.82, 2.24) is 14.5 Å². The molecule has 118 valence electrons. The van der Waals surface area contributed by atoms with Crippen LogP contribution in [-0.2, 0) is 21.9 Å². The van der Waals surface area contributed by atoms with Gasteiger partial charge in [0.15, 0.2) is 0 Å². The number of sulfonamides is 1. The van der Waals surface area contributed by atoms with Crippen LogP contribution in [0.3, 0.4) is 0 Å². The Morgan fingerprint density at radius 3 is 2.50 bits per heavy atom. The first-order valence-corrected chi connectivity index (χ1v) is 8.82. The van der Waals surface area contributed by atoms with Crippen molar-refractivity contribution in [3.05, 3.63) is 40.0 Å². The summed E-state index contributed by atoms with van der Waals surface area (Å²) >= 11 is 1.12. The molecular formula is C14H17N3O3S2. The quantitative estimate of drug-likeness (QED) is 0.863. The Balaban J connectivity index is 2.15. The molecule has 0 aliphatic heterocycles. The number of carbonyl (C=O) groups excluding carboxylic acids is 1. The summed E-state index contributed by atoms with van der Waals surface area (Å²) in [6, 6.07) is 3.18. The van der Waals surface area contributed by atoms with Crippen molar-refractivity contribution in [3.8, 4) is 0 Å². The van der Waals surface area contributed by atoms with Crippen LogP contribution in [0, 0.1) is 20.8 Å². The van der Waals surface area contributed by atoms with Gasteiger partial charge in [-0.1, -0.05) is 0 Å². The number of nitrogens with one attached hydrogen (secondary N) is 1. The van der Waals surface area contributed by atoms with E-state index in [1.54, 1.807) is 23.7 Å². The van der Waals surface area contributed by atoms with Crippen LogP contribution in [0.4, 0.5) is 0 Å². The number of nitrogens with zero attached hydrogens (tertiary/aromatic N) is 2. The lowest BCUT2D eigenvalue weighted by Gasteiger charge is -2.01. The highest BCUT2D eigenvalue weighted by atomic mass is 32.2. The van der Waals surface area contributed by atoms with E-state index in [1.807, 2.05) is 25.6 Å². The molecule has 22 heavy (non-hydrogen) atoms. The molecule has 0 fully saturated rings. The van der Waals surface area contributed by atoms with E-state index in [0.29, 0.717) is 0 Å². The molecule has 1 N–H and O–H groups in total. The fourth-order valence-electron chi connectivity index (χ4n) is 1.96. The summed E-state index contributed by atoms with van der Waals surface area (Å²) in [7, 11) is -2.00. The zero-order valence-electron chi connectivity index (χ0n) is 12.7. The molecule has 0 radical (unpaired) electrons. The maximum atomic E-state index is 12.0. The minimum Gasteiger partial charge on any atom is -0.272 e. The summed E-state index contributed by atoms with van der Waals surface area (Å²) in [6.07, 6.45) is 2.78. The highest BCUT2D eigenvalue weighted by Crippen LogP contribution is 2.20. The zero-order valence-corrected chi connectivity index (χ0v) is 14.4. The molecule has 2 aromatic rings. The average molecular weight is 339 g/mol. The molecule has 2 aromatic heterocycles. The first-order chi connectivity index (χ1) is 10.2. The van der Waals surface area contributed by atoms with Crippen LogP contribution in [0.1, 0.15) is 21.8 Å². The summed E-state index contributed by atoms with van der Waals surface area (Å²) in [5.41, 5.74) is 2.49. The lowest BCUT2D eigenvalue weighted by molar-refractivity contribution is -0.114. The normalized spacial score (nSPS) is 12.0. The van der Waals surface area contributed by atoms with Gasteiger partial charge in [0.25, 0.3) is 15.9 Å². The van der Waals surface area contributed by atoms with Gasteiger partial charge in [0.05, 0.1) is 5.69 Å². The molecule has 0 atom stereocenters. The Morgan fingerprint density at radius 1 is 1.32 bits per heavy atom. The van der Waals surface area contributed by atoms with Gasteiger partial charge in [-0.25, -0.2) is 13.1 Å². The predicted octanol–water partition coefficient (Wildman–Crippen LogP) is 1.93. The predicted molar refractivity (Wildman–Crippen MR) is 86.1 cm³/mol. The van der Waals surface area contributed by atoms with Crippen molar-refractivity contribution in [2.45, 2.75) is 25.0 Å². The minimum atomic E-state index is -3.81. The van der Waals surface area contributed by atoms with Crippen molar-refractivity contribution < 1.29 is 13.2 Å². The fraction of sp³-hybridized carbons (Fsp3) is 0.286. The molecule has 2 rings (SSSR count). The molecular weight excluding hydrogens is 322 g/mol. The van der Waals surface area contributed by atoms with Crippen molar-refractivity contribution in [2.24, 2.45) is 7.05 Å². The highest BCUT2D eigenvalue weighted by molar-refractivity contribution is 7.92. The van der Waals surface area contributed by atoms with Crippen molar-refractivity contribution in [3.63, 3.8) is 0 Å². The number of hydrogen-bond donors (Lipinski definition) is 1. The third-order valence-corrected chi connectivity index (χ3v) is 6.02. The zero-order chi connectivity index (χ0) is 16.5. The van der Waals surface area contributed by atoms with Gasteiger partial charge in [-0.3, -0.25) is 9.48 Å². The standard InChI is InChI=1S/C14H17N3O3S2/c1-9-5-8-14(21-9)22(19,20)16-13(18)7-6-12-10(2)15-17(4)11(12)3/h5-8H,1-4H3,(H,16,18)/b7-6+. The second-order valence-electron chi connectivity index (χ2n) is 4.88. The Labute approximate surface area is 133 Å². The average Bonchev–Trinajstić information content (AvgIpc) is 2.94. The maximum Gasteiger partial charge on any atom is 0.273 e. The maximum absolute atomic E-state index is 12.0. The molecule has 0 unspecified atom stereocenters. The number of amides is 1. The van der Waals surface area contributed by atoms with Gasteiger partial charge >= 0.3 is 0 Å². The molecule has 6 nitrogen and oxygen atoms in total. The van der Waals surface area contributed by atoms with Crippen LogP contribution in [0.25, 0.3) is 6.08 Å². The summed E-state index contributed by atoms with van der Waals surface area (Å²) in [6.45, 7) is 5.51. The van der Waals surface area contributed by atoms with Crippen LogP contribution < -0.4 is 4.72 Å². The highest BCUT2D eigenvalue weighted by Gasteiger charge is 2.18. The van der Waals surface area contributed by atoms with Gasteiger partial charge in [0, 0.05) is 29.3 Å². The van der Waals surface area contributed by atoms with E-state index in [2.05, 4.69) is 5.10 Å². The Kier molecular flexibility index (Phi) is 4.52. The Morgan fingerprint density at radius 2 is 2.00 bits per heavy atom. The number of aromatic nitrogens is 2. The van der Waals surface area contributed by atoms with Gasteiger partial charge in [-0.15, -0.1) is 11.3 Å². The first-order valence-electron chi connectivity index (χ1n) is 6.52. The topological polar surface area (TPSA) is 81.1 Å². The van der Waals surface area contributed by atoms with E-state index in [-0.39, 0.29) is 4.21 Å². The molecule has 0 aromatic carbocycles. The monoisotopic (exact) mass is 339 g/mol. The number of hydrogen-bond acceptors (Lipinski definition) is 5. The number of carbonyl (C=O) groups is 1. The van der Waals surface area contributed by atoms with E-state index in [1.165, 1.54) is 12.1 Å². The second-order valence-corrected chi connectivity index (χ2v) is 8.07. The SMILES string of the molecule is Cc1ccc(S(=O)(=O)NC(=O)/C=C/c2c(C)nn(C)c2C)s1. The third-order valence-electron chi connectivity index (χ3n) is 3.18. The fourth-order valence-corrected chi connectivity index (χ4v) is 4.19. The van der Waals surface area contributed by atoms with Crippen LogP contribution in [-0.4, -0.2) is 24.1 Å². The Hall–Kier alpha value is -1.93. The summed E-state index contributed by atoms with van der Waals surface area (Å²) < 4.78 is 27.9. The molecule has 1 amide bonds. The van der Waals surface area contributed by atoms with Gasteiger partial charge in [-0.2, -0.15) is 5.10 Å². The number of rotatable bonds is 4. The van der Waals surface area contributed by atoms with Crippen molar-refractivity contribution >= 4 is 33.3 Å². The van der Waals surface area contributed by atoms with E-state index in [9.17, 15) is 13.2 Å². The smallest absolute Gasteiger partial charge is 0.272 e. The Bertz CT molecular complexity index is 845. The van der Waals surface area contributed by atoms with Crippen LogP contribution >= 0.6 is 11.3 Å². The van der Waals surface area contributed by atoms with Crippen LogP contribution in [0.2, 0.25) is 0 Å². The molecule has 0 bridgehead atoms. The molecule has 0 saturated carbocycles. The first kappa shape index (κ1) is 16.4. The van der Waals surface area contributed by atoms with Crippen LogP contribution in [0.5, 0.6) is 0 Å².